The molecule has 1 amide bonds. The summed E-state index contributed by atoms with van der Waals surface area (Å²) < 4.78 is 41.0. The third-order valence-corrected chi connectivity index (χ3v) is 5.62. The molecule has 0 unspecified atom stereocenters. The Labute approximate surface area is 167 Å². The van der Waals surface area contributed by atoms with Crippen LogP contribution in [0.3, 0.4) is 0 Å². The summed E-state index contributed by atoms with van der Waals surface area (Å²) in [4.78, 5) is 33.3. The van der Waals surface area contributed by atoms with Gasteiger partial charge in [0.05, 0.1) is 16.8 Å². The normalized spacial score (nSPS) is 15.8. The van der Waals surface area contributed by atoms with Crippen molar-refractivity contribution < 1.29 is 18.0 Å². The Morgan fingerprint density at radius 1 is 1.14 bits per heavy atom. The van der Waals surface area contributed by atoms with E-state index >= 15 is 0 Å². The summed E-state index contributed by atoms with van der Waals surface area (Å²) in [6, 6.07) is 6.33. The molecule has 2 aromatic heterocycles. The topological polar surface area (TPSA) is 57.9 Å². The van der Waals surface area contributed by atoms with Gasteiger partial charge in [-0.1, -0.05) is 12.1 Å². The summed E-state index contributed by atoms with van der Waals surface area (Å²) in [5, 5.41) is 1.79. The van der Waals surface area contributed by atoms with E-state index in [4.69, 9.17) is 0 Å². The van der Waals surface area contributed by atoms with Crippen LogP contribution >= 0.6 is 11.3 Å². The van der Waals surface area contributed by atoms with E-state index in [9.17, 15) is 22.8 Å². The fourth-order valence-electron chi connectivity index (χ4n) is 3.39. The third-order valence-electron chi connectivity index (χ3n) is 4.86. The summed E-state index contributed by atoms with van der Waals surface area (Å²) >= 11 is 1.37. The van der Waals surface area contributed by atoms with Crippen LogP contribution in [0.5, 0.6) is 0 Å². The van der Waals surface area contributed by atoms with E-state index in [0.29, 0.717) is 43.4 Å². The number of alkyl halides is 3. The lowest BCUT2D eigenvalue weighted by Gasteiger charge is -2.35. The van der Waals surface area contributed by atoms with Crippen LogP contribution in [0.4, 0.5) is 13.2 Å². The second-order valence-electron chi connectivity index (χ2n) is 6.75. The van der Waals surface area contributed by atoms with E-state index in [-0.39, 0.29) is 11.1 Å². The molecular weight excluding hydrogens is 405 g/mol. The molecular formula is C19H17F3N4O2S. The second-order valence-corrected chi connectivity index (χ2v) is 7.63. The zero-order valence-corrected chi connectivity index (χ0v) is 16.0. The second kappa shape index (κ2) is 7.60. The summed E-state index contributed by atoms with van der Waals surface area (Å²) in [6.45, 7) is 2.05. The Kier molecular flexibility index (Phi) is 5.13. The van der Waals surface area contributed by atoms with Crippen LogP contribution in [0, 0.1) is 0 Å². The van der Waals surface area contributed by atoms with Gasteiger partial charge in [-0.2, -0.15) is 13.2 Å². The lowest BCUT2D eigenvalue weighted by molar-refractivity contribution is -0.138. The van der Waals surface area contributed by atoms with Gasteiger partial charge in [-0.3, -0.25) is 18.9 Å². The van der Waals surface area contributed by atoms with Gasteiger partial charge in [0.1, 0.15) is 0 Å². The summed E-state index contributed by atoms with van der Waals surface area (Å²) in [6.07, 6.45) is -2.91. The van der Waals surface area contributed by atoms with E-state index < -0.39 is 17.6 Å². The molecule has 1 saturated heterocycles. The Morgan fingerprint density at radius 2 is 1.86 bits per heavy atom. The largest absolute Gasteiger partial charge is 0.417 e. The molecule has 3 heterocycles. The van der Waals surface area contributed by atoms with Crippen LogP contribution in [0.2, 0.25) is 0 Å². The zero-order valence-electron chi connectivity index (χ0n) is 15.2. The number of rotatable bonds is 3. The minimum atomic E-state index is -4.58. The van der Waals surface area contributed by atoms with Crippen molar-refractivity contribution in [3.05, 3.63) is 69.1 Å². The first kappa shape index (κ1) is 19.6. The number of piperazine rings is 1. The van der Waals surface area contributed by atoms with Crippen LogP contribution in [0.1, 0.15) is 21.6 Å². The monoisotopic (exact) mass is 422 g/mol. The van der Waals surface area contributed by atoms with E-state index in [1.807, 2.05) is 4.90 Å². The number of fused-ring (bicyclic) bond motifs is 1. The first-order chi connectivity index (χ1) is 13.8. The molecule has 0 N–H and O–H groups in total. The Bertz CT molecular complexity index is 1100. The first-order valence-electron chi connectivity index (χ1n) is 8.96. The highest BCUT2D eigenvalue weighted by Crippen LogP contribution is 2.32. The van der Waals surface area contributed by atoms with Gasteiger partial charge in [0, 0.05) is 50.4 Å². The lowest BCUT2D eigenvalue weighted by atomic mass is 10.1. The van der Waals surface area contributed by atoms with Crippen molar-refractivity contribution in [1.29, 1.82) is 0 Å². The van der Waals surface area contributed by atoms with Gasteiger partial charge in [0.25, 0.3) is 11.5 Å². The summed E-state index contributed by atoms with van der Waals surface area (Å²) in [7, 11) is 0. The fourth-order valence-corrected chi connectivity index (χ4v) is 4.13. The first-order valence-corrected chi connectivity index (χ1v) is 9.84. The zero-order chi connectivity index (χ0) is 20.6. The van der Waals surface area contributed by atoms with Crippen LogP contribution in [0.15, 0.2) is 46.7 Å². The number of nitrogens with zero attached hydrogens (tertiary/aromatic N) is 4. The van der Waals surface area contributed by atoms with Gasteiger partial charge in [0.15, 0.2) is 4.96 Å². The Hall–Kier alpha value is -2.72. The van der Waals surface area contributed by atoms with Crippen LogP contribution < -0.4 is 5.56 Å². The minimum absolute atomic E-state index is 0.149. The lowest BCUT2D eigenvalue weighted by Crippen LogP contribution is -2.48. The average molecular weight is 422 g/mol. The highest BCUT2D eigenvalue weighted by Gasteiger charge is 2.36. The smallest absolute Gasteiger partial charge is 0.336 e. The number of carbonyl (C=O) groups excluding carboxylic acids is 1. The van der Waals surface area contributed by atoms with Crippen molar-refractivity contribution in [2.45, 2.75) is 12.7 Å². The van der Waals surface area contributed by atoms with Gasteiger partial charge in [-0.05, 0) is 12.1 Å². The minimum Gasteiger partial charge on any atom is -0.336 e. The number of amides is 1. The number of benzene rings is 1. The molecule has 29 heavy (non-hydrogen) atoms. The molecule has 0 radical (unpaired) electrons. The quantitative estimate of drug-likeness (QED) is 0.651. The van der Waals surface area contributed by atoms with Crippen LogP contribution in [-0.4, -0.2) is 51.3 Å². The number of carbonyl (C=O) groups is 1. The van der Waals surface area contributed by atoms with E-state index in [2.05, 4.69) is 4.98 Å². The average Bonchev–Trinajstić information content (AvgIpc) is 3.17. The van der Waals surface area contributed by atoms with Crippen LogP contribution in [-0.2, 0) is 12.7 Å². The number of thiazole rings is 1. The number of hydrogen-bond acceptors (Lipinski definition) is 5. The maximum Gasteiger partial charge on any atom is 0.417 e. The van der Waals surface area contributed by atoms with Crippen molar-refractivity contribution in [3.63, 3.8) is 0 Å². The molecule has 152 valence electrons. The van der Waals surface area contributed by atoms with Crippen molar-refractivity contribution in [2.75, 3.05) is 26.2 Å². The van der Waals surface area contributed by atoms with Crippen LogP contribution in [0.25, 0.3) is 4.96 Å². The predicted octanol–water partition coefficient (Wildman–Crippen LogP) is 2.73. The Balaban J connectivity index is 1.43. The molecule has 10 heteroatoms. The number of hydrogen-bond donors (Lipinski definition) is 0. The number of halogens is 3. The van der Waals surface area contributed by atoms with E-state index in [1.54, 1.807) is 11.6 Å². The van der Waals surface area contributed by atoms with Gasteiger partial charge >= 0.3 is 6.18 Å². The molecule has 0 aliphatic carbocycles. The van der Waals surface area contributed by atoms with Crippen molar-refractivity contribution in [1.82, 2.24) is 19.2 Å². The van der Waals surface area contributed by atoms with E-state index in [0.717, 1.165) is 6.07 Å². The Morgan fingerprint density at radius 3 is 2.59 bits per heavy atom. The highest BCUT2D eigenvalue weighted by molar-refractivity contribution is 7.15. The molecule has 0 bridgehead atoms. The predicted molar refractivity (Wildman–Crippen MR) is 102 cm³/mol. The molecule has 0 atom stereocenters. The molecule has 3 aromatic rings. The standard InChI is InChI=1S/C19H17F3N4O2S/c20-19(21,22)15-4-2-1-3-14(15)17(28)25-7-5-24(6-8-25)12-13-11-16(27)26-9-10-29-18(26)23-13/h1-4,9-11H,5-8,12H2. The van der Waals surface area contributed by atoms with Crippen molar-refractivity contribution in [3.8, 4) is 0 Å². The summed E-state index contributed by atoms with van der Waals surface area (Å²) in [5.41, 5.74) is -0.754. The van der Waals surface area contributed by atoms with Gasteiger partial charge in [-0.25, -0.2) is 4.98 Å². The van der Waals surface area contributed by atoms with Gasteiger partial charge < -0.3 is 4.90 Å². The molecule has 6 nitrogen and oxygen atoms in total. The summed E-state index contributed by atoms with van der Waals surface area (Å²) in [5.74, 6) is -0.617. The SMILES string of the molecule is O=C(c1ccccc1C(F)(F)F)N1CCN(Cc2cc(=O)n3ccsc3n2)CC1. The maximum atomic E-state index is 13.2. The molecule has 1 aromatic carbocycles. The fraction of sp³-hybridized carbons (Fsp3) is 0.316. The molecule has 1 fully saturated rings. The molecule has 1 aliphatic rings. The van der Waals surface area contributed by atoms with Gasteiger partial charge in [-0.15, -0.1) is 11.3 Å². The number of aromatic nitrogens is 2. The molecule has 4 rings (SSSR count). The van der Waals surface area contributed by atoms with E-state index in [1.165, 1.54) is 44.9 Å². The highest BCUT2D eigenvalue weighted by atomic mass is 32.1. The van der Waals surface area contributed by atoms with Gasteiger partial charge in [0.2, 0.25) is 0 Å². The molecule has 0 spiro atoms. The van der Waals surface area contributed by atoms with Crippen molar-refractivity contribution in [2.24, 2.45) is 0 Å². The molecule has 0 saturated carbocycles. The van der Waals surface area contributed by atoms with Crippen molar-refractivity contribution >= 4 is 22.2 Å². The third kappa shape index (κ3) is 4.03. The maximum absolute atomic E-state index is 13.2. The molecule has 1 aliphatic heterocycles.